The number of fused-ring (bicyclic) bond motifs is 1. The molecule has 1 aliphatic heterocycles. The Labute approximate surface area is 130 Å². The molecule has 1 saturated heterocycles. The molecule has 1 aliphatic rings. The molecule has 2 aromatic rings. The lowest BCUT2D eigenvalue weighted by Gasteiger charge is -2.29. The minimum absolute atomic E-state index is 0.148. The van der Waals surface area contributed by atoms with E-state index in [1.807, 2.05) is 12.1 Å². The van der Waals surface area contributed by atoms with Crippen molar-refractivity contribution in [3.8, 4) is 0 Å². The second kappa shape index (κ2) is 5.26. The maximum atomic E-state index is 4.30. The summed E-state index contributed by atoms with van der Waals surface area (Å²) >= 11 is 0. The van der Waals surface area contributed by atoms with Crippen molar-refractivity contribution in [3.05, 3.63) is 66.2 Å². The van der Waals surface area contributed by atoms with E-state index in [-0.39, 0.29) is 6.04 Å². The summed E-state index contributed by atoms with van der Waals surface area (Å²) in [4.78, 5) is 0. The summed E-state index contributed by atoms with van der Waals surface area (Å²) in [6.07, 6.45) is 3.56. The van der Waals surface area contributed by atoms with E-state index in [0.717, 1.165) is 51.4 Å². The molecular weight excluding hydrogens is 270 g/mol. The third kappa shape index (κ3) is 2.06. The van der Waals surface area contributed by atoms with Crippen molar-refractivity contribution in [2.24, 2.45) is 0 Å². The van der Waals surface area contributed by atoms with Gasteiger partial charge in [-0.1, -0.05) is 45.0 Å². The Balaban J connectivity index is 2.23. The Bertz CT molecular complexity index is 886. The lowest BCUT2D eigenvalue weighted by molar-refractivity contribution is 0.458. The maximum Gasteiger partial charge on any atom is 0.0738 e. The SMILES string of the molecule is C=CNc1cccc2c(=C)n(C3CCC(=C)NC3=C)c(=C)c12. The molecule has 3 rings (SSSR count). The highest BCUT2D eigenvalue weighted by atomic mass is 15.1. The van der Waals surface area contributed by atoms with Crippen LogP contribution in [0.4, 0.5) is 5.69 Å². The molecule has 1 atom stereocenters. The Kier molecular flexibility index (Phi) is 3.41. The first-order chi connectivity index (χ1) is 10.5. The lowest BCUT2D eigenvalue weighted by atomic mass is 10.0. The number of nitrogens with zero attached hydrogens (tertiary/aromatic N) is 1. The van der Waals surface area contributed by atoms with Gasteiger partial charge in [0.2, 0.25) is 0 Å². The van der Waals surface area contributed by atoms with Crippen LogP contribution in [0.2, 0.25) is 0 Å². The van der Waals surface area contributed by atoms with E-state index in [1.54, 1.807) is 6.20 Å². The van der Waals surface area contributed by atoms with Gasteiger partial charge in [0.1, 0.15) is 0 Å². The quantitative estimate of drug-likeness (QED) is 0.910. The molecular formula is C19H21N3. The molecule has 0 spiro atoms. The molecule has 2 heterocycles. The van der Waals surface area contributed by atoms with Crippen molar-refractivity contribution in [2.75, 3.05) is 5.32 Å². The van der Waals surface area contributed by atoms with E-state index in [1.165, 1.54) is 0 Å². The van der Waals surface area contributed by atoms with Gasteiger partial charge in [-0.15, -0.1) is 0 Å². The van der Waals surface area contributed by atoms with E-state index in [4.69, 9.17) is 0 Å². The van der Waals surface area contributed by atoms with Crippen LogP contribution in [0.1, 0.15) is 18.9 Å². The third-order valence-corrected chi connectivity index (χ3v) is 4.27. The Morgan fingerprint density at radius 1 is 1.18 bits per heavy atom. The molecule has 22 heavy (non-hydrogen) atoms. The van der Waals surface area contributed by atoms with Crippen molar-refractivity contribution >= 4 is 29.6 Å². The van der Waals surface area contributed by atoms with Gasteiger partial charge < -0.3 is 15.2 Å². The number of hydrogen-bond acceptors (Lipinski definition) is 2. The predicted molar refractivity (Wildman–Crippen MR) is 95.7 cm³/mol. The number of nitrogens with one attached hydrogen (secondary N) is 2. The first-order valence-corrected chi connectivity index (χ1v) is 7.36. The molecule has 1 aromatic carbocycles. The molecule has 0 radical (unpaired) electrons. The van der Waals surface area contributed by atoms with E-state index in [0.29, 0.717) is 0 Å². The van der Waals surface area contributed by atoms with Crippen molar-refractivity contribution < 1.29 is 0 Å². The number of anilines is 1. The van der Waals surface area contributed by atoms with Crippen molar-refractivity contribution in [3.63, 3.8) is 0 Å². The second-order valence-electron chi connectivity index (χ2n) is 5.65. The van der Waals surface area contributed by atoms with Crippen LogP contribution in [0.25, 0.3) is 23.9 Å². The van der Waals surface area contributed by atoms with E-state index >= 15 is 0 Å². The van der Waals surface area contributed by atoms with Crippen LogP contribution < -0.4 is 21.3 Å². The number of piperidine rings is 1. The second-order valence-corrected chi connectivity index (χ2v) is 5.65. The zero-order valence-corrected chi connectivity index (χ0v) is 12.8. The first-order valence-electron chi connectivity index (χ1n) is 7.36. The standard InChI is InChI=1S/C19H21N3/c1-6-20-17-9-7-8-16-14(4)22(15(5)19(16)17)18-11-10-12(2)21-13(18)3/h6-9,18,20-21H,1-5,10-11H2. The normalized spacial score (nSPS) is 18.3. The van der Waals surface area contributed by atoms with Gasteiger partial charge in [0.15, 0.2) is 0 Å². The summed E-state index contributed by atoms with van der Waals surface area (Å²) in [7, 11) is 0. The maximum absolute atomic E-state index is 4.30. The fourth-order valence-corrected chi connectivity index (χ4v) is 3.27. The Hall–Kier alpha value is -2.68. The predicted octanol–water partition coefficient (Wildman–Crippen LogP) is 2.97. The smallest absolute Gasteiger partial charge is 0.0738 e. The third-order valence-electron chi connectivity index (χ3n) is 4.27. The Morgan fingerprint density at radius 2 is 1.95 bits per heavy atom. The molecule has 112 valence electrons. The molecule has 3 nitrogen and oxygen atoms in total. The molecule has 0 aliphatic carbocycles. The molecule has 1 aromatic heterocycles. The van der Waals surface area contributed by atoms with Crippen LogP contribution in [-0.4, -0.2) is 4.57 Å². The highest BCUT2D eigenvalue weighted by molar-refractivity contribution is 5.95. The van der Waals surface area contributed by atoms with Crippen molar-refractivity contribution in [1.82, 2.24) is 9.88 Å². The molecule has 0 saturated carbocycles. The van der Waals surface area contributed by atoms with Gasteiger partial charge in [0.25, 0.3) is 0 Å². The van der Waals surface area contributed by atoms with E-state index in [2.05, 4.69) is 54.2 Å². The van der Waals surface area contributed by atoms with Gasteiger partial charge in [0, 0.05) is 38.6 Å². The fraction of sp³-hybridized carbons (Fsp3) is 0.158. The van der Waals surface area contributed by atoms with Gasteiger partial charge in [0.05, 0.1) is 6.04 Å². The van der Waals surface area contributed by atoms with Gasteiger partial charge in [-0.3, -0.25) is 0 Å². The molecule has 2 N–H and O–H groups in total. The van der Waals surface area contributed by atoms with Gasteiger partial charge in [-0.05, 0) is 25.1 Å². The largest absolute Gasteiger partial charge is 0.362 e. The van der Waals surface area contributed by atoms with Crippen LogP contribution >= 0.6 is 0 Å². The van der Waals surface area contributed by atoms with Crippen LogP contribution in [0, 0.1) is 0 Å². The van der Waals surface area contributed by atoms with Crippen LogP contribution in [-0.2, 0) is 0 Å². The number of allylic oxidation sites excluding steroid dienone is 2. The highest BCUT2D eigenvalue weighted by Crippen LogP contribution is 2.27. The van der Waals surface area contributed by atoms with Crippen LogP contribution in [0.15, 0.2) is 55.5 Å². The molecule has 0 bridgehead atoms. The van der Waals surface area contributed by atoms with Crippen LogP contribution in [0.3, 0.4) is 0 Å². The monoisotopic (exact) mass is 291 g/mol. The number of hydrogen-bond donors (Lipinski definition) is 2. The molecule has 0 amide bonds. The Morgan fingerprint density at radius 3 is 2.64 bits per heavy atom. The highest BCUT2D eigenvalue weighted by Gasteiger charge is 2.23. The van der Waals surface area contributed by atoms with E-state index < -0.39 is 0 Å². The summed E-state index contributed by atoms with van der Waals surface area (Å²) < 4.78 is 2.18. The van der Waals surface area contributed by atoms with Crippen molar-refractivity contribution in [1.29, 1.82) is 0 Å². The summed E-state index contributed by atoms with van der Waals surface area (Å²) in [5.41, 5.74) is 2.97. The minimum atomic E-state index is 0.148. The minimum Gasteiger partial charge on any atom is -0.362 e. The molecule has 3 heteroatoms. The molecule has 1 unspecified atom stereocenters. The number of benzene rings is 1. The fourth-order valence-electron chi connectivity index (χ4n) is 3.27. The summed E-state index contributed by atoms with van der Waals surface area (Å²) in [6, 6.07) is 6.27. The number of rotatable bonds is 3. The van der Waals surface area contributed by atoms with Gasteiger partial charge in [-0.2, -0.15) is 0 Å². The average molecular weight is 291 g/mol. The zero-order chi connectivity index (χ0) is 15.9. The summed E-state index contributed by atoms with van der Waals surface area (Å²) in [5.74, 6) is 0. The van der Waals surface area contributed by atoms with E-state index in [9.17, 15) is 0 Å². The summed E-state index contributed by atoms with van der Waals surface area (Å²) in [5, 5.41) is 10.6. The molecule has 1 fully saturated rings. The average Bonchev–Trinajstić information content (AvgIpc) is 2.73. The summed E-state index contributed by atoms with van der Waals surface area (Å²) in [6.45, 7) is 20.5. The van der Waals surface area contributed by atoms with Crippen LogP contribution in [0.5, 0.6) is 0 Å². The van der Waals surface area contributed by atoms with Gasteiger partial charge >= 0.3 is 0 Å². The van der Waals surface area contributed by atoms with Crippen molar-refractivity contribution in [2.45, 2.75) is 18.9 Å². The lowest BCUT2D eigenvalue weighted by Crippen LogP contribution is -2.36. The number of aromatic nitrogens is 1. The topological polar surface area (TPSA) is 29.0 Å². The van der Waals surface area contributed by atoms with Gasteiger partial charge in [-0.25, -0.2) is 0 Å². The zero-order valence-electron chi connectivity index (χ0n) is 12.8. The first kappa shape index (κ1) is 14.3.